The molecule has 4 nitrogen and oxygen atoms in total. The number of halogens is 2. The Hall–Kier alpha value is -0.970. The molecule has 140 valence electrons. The summed E-state index contributed by atoms with van der Waals surface area (Å²) in [5.74, 6) is 0. The molecule has 0 unspecified atom stereocenters. The van der Waals surface area contributed by atoms with E-state index >= 15 is 0 Å². The molecule has 0 aromatic heterocycles. The van der Waals surface area contributed by atoms with Crippen LogP contribution in [-0.4, -0.2) is 46.7 Å². The Kier molecular flexibility index (Phi) is 6.63. The molecule has 1 fully saturated rings. The van der Waals surface area contributed by atoms with Gasteiger partial charge in [0.05, 0.1) is 0 Å². The van der Waals surface area contributed by atoms with E-state index in [0.29, 0.717) is 28.7 Å². The van der Waals surface area contributed by atoms with E-state index < -0.39 is 5.60 Å². The Morgan fingerprint density at radius 3 is 2.40 bits per heavy atom. The van der Waals surface area contributed by atoms with Crippen molar-refractivity contribution in [2.45, 2.75) is 65.3 Å². The molecule has 0 bridgehead atoms. The zero-order chi connectivity index (χ0) is 18.8. The van der Waals surface area contributed by atoms with Crippen LogP contribution in [0.1, 0.15) is 46.6 Å². The smallest absolute Gasteiger partial charge is 0.410 e. The van der Waals surface area contributed by atoms with Gasteiger partial charge in [0.1, 0.15) is 5.60 Å². The maximum atomic E-state index is 12.3. The minimum absolute atomic E-state index is 0.232. The van der Waals surface area contributed by atoms with Crippen LogP contribution in [0.15, 0.2) is 18.2 Å². The first kappa shape index (κ1) is 20.3. The van der Waals surface area contributed by atoms with Crippen LogP contribution in [0.2, 0.25) is 10.0 Å². The lowest BCUT2D eigenvalue weighted by Gasteiger charge is -2.33. The molecule has 1 heterocycles. The van der Waals surface area contributed by atoms with Gasteiger partial charge < -0.3 is 9.64 Å². The molecule has 1 amide bonds. The summed E-state index contributed by atoms with van der Waals surface area (Å²) >= 11 is 12.3. The van der Waals surface area contributed by atoms with Gasteiger partial charge in [-0.3, -0.25) is 4.90 Å². The summed E-state index contributed by atoms with van der Waals surface area (Å²) in [6.45, 7) is 12.2. The quantitative estimate of drug-likeness (QED) is 0.711. The topological polar surface area (TPSA) is 32.8 Å². The molecule has 1 aliphatic heterocycles. The number of carbonyl (C=O) groups excluding carboxylic acids is 1. The number of likely N-dealkylation sites (tertiary alicyclic amines) is 1. The molecule has 0 saturated carbocycles. The molecule has 0 radical (unpaired) electrons. The van der Waals surface area contributed by atoms with Crippen molar-refractivity contribution in [3.8, 4) is 0 Å². The number of amides is 1. The fraction of sp³-hybridized carbons (Fsp3) is 0.632. The van der Waals surface area contributed by atoms with Gasteiger partial charge in [-0.05, 0) is 64.8 Å². The Morgan fingerprint density at radius 2 is 1.88 bits per heavy atom. The normalized spacial score (nSPS) is 18.3. The highest BCUT2D eigenvalue weighted by Crippen LogP contribution is 2.25. The third kappa shape index (κ3) is 6.05. The largest absolute Gasteiger partial charge is 0.444 e. The Labute approximate surface area is 161 Å². The molecule has 1 aromatic rings. The molecule has 0 spiro atoms. The van der Waals surface area contributed by atoms with Crippen LogP contribution >= 0.6 is 23.2 Å². The Morgan fingerprint density at radius 1 is 1.28 bits per heavy atom. The molecular formula is C19H28Cl2N2O2. The number of carbonyl (C=O) groups is 1. The van der Waals surface area contributed by atoms with Gasteiger partial charge in [-0.25, -0.2) is 4.79 Å². The first-order valence-electron chi connectivity index (χ1n) is 8.74. The van der Waals surface area contributed by atoms with E-state index in [0.717, 1.165) is 25.1 Å². The number of hydrogen-bond donors (Lipinski definition) is 0. The van der Waals surface area contributed by atoms with Gasteiger partial charge >= 0.3 is 6.09 Å². The second-order valence-corrected chi connectivity index (χ2v) is 8.79. The van der Waals surface area contributed by atoms with E-state index in [2.05, 4.69) is 18.7 Å². The Bertz CT molecular complexity index is 594. The van der Waals surface area contributed by atoms with Crippen LogP contribution in [-0.2, 0) is 11.3 Å². The molecule has 1 saturated heterocycles. The third-order valence-corrected chi connectivity index (χ3v) is 4.67. The summed E-state index contributed by atoms with van der Waals surface area (Å²) in [6, 6.07) is 6.28. The van der Waals surface area contributed by atoms with Crippen molar-refractivity contribution in [3.63, 3.8) is 0 Å². The van der Waals surface area contributed by atoms with E-state index in [1.807, 2.05) is 32.9 Å². The highest BCUT2D eigenvalue weighted by Gasteiger charge is 2.33. The molecule has 1 aromatic carbocycles. The monoisotopic (exact) mass is 386 g/mol. The summed E-state index contributed by atoms with van der Waals surface area (Å²) < 4.78 is 5.49. The van der Waals surface area contributed by atoms with Crippen molar-refractivity contribution in [2.75, 3.05) is 13.1 Å². The molecule has 1 aliphatic rings. The highest BCUT2D eigenvalue weighted by molar-refractivity contribution is 6.34. The van der Waals surface area contributed by atoms with Gasteiger partial charge in [0.25, 0.3) is 0 Å². The summed E-state index contributed by atoms with van der Waals surface area (Å²) in [5.41, 5.74) is 0.617. The minimum Gasteiger partial charge on any atom is -0.444 e. The molecular weight excluding hydrogens is 359 g/mol. The fourth-order valence-electron chi connectivity index (χ4n) is 3.15. The fourth-order valence-corrected chi connectivity index (χ4v) is 3.72. The lowest BCUT2D eigenvalue weighted by molar-refractivity contribution is 0.0273. The van der Waals surface area contributed by atoms with Gasteiger partial charge in [0, 0.05) is 41.8 Å². The van der Waals surface area contributed by atoms with Crippen molar-refractivity contribution < 1.29 is 9.53 Å². The van der Waals surface area contributed by atoms with Crippen LogP contribution in [0.25, 0.3) is 0 Å². The predicted octanol–water partition coefficient (Wildman–Crippen LogP) is 5.21. The first-order chi connectivity index (χ1) is 11.5. The summed E-state index contributed by atoms with van der Waals surface area (Å²) in [6.07, 6.45) is 0.704. The van der Waals surface area contributed by atoms with Crippen LogP contribution in [0.3, 0.4) is 0 Å². The molecule has 2 rings (SSSR count). The van der Waals surface area contributed by atoms with E-state index in [1.165, 1.54) is 0 Å². The van der Waals surface area contributed by atoms with Gasteiger partial charge in [-0.2, -0.15) is 0 Å². The Balaban J connectivity index is 2.05. The zero-order valence-electron chi connectivity index (χ0n) is 15.7. The van der Waals surface area contributed by atoms with Crippen molar-refractivity contribution >= 4 is 29.3 Å². The second-order valence-electron chi connectivity index (χ2n) is 7.91. The van der Waals surface area contributed by atoms with E-state index in [9.17, 15) is 4.79 Å². The highest BCUT2D eigenvalue weighted by atomic mass is 35.5. The van der Waals surface area contributed by atoms with Gasteiger partial charge in [0.15, 0.2) is 0 Å². The second kappa shape index (κ2) is 8.15. The van der Waals surface area contributed by atoms with Gasteiger partial charge in [-0.1, -0.05) is 23.2 Å². The number of rotatable bonds is 4. The minimum atomic E-state index is -0.468. The summed E-state index contributed by atoms with van der Waals surface area (Å²) in [7, 11) is 0. The number of ether oxygens (including phenoxy) is 1. The number of hydrogen-bond acceptors (Lipinski definition) is 3. The van der Waals surface area contributed by atoms with Crippen LogP contribution in [0, 0.1) is 0 Å². The molecule has 0 N–H and O–H groups in total. The summed E-state index contributed by atoms with van der Waals surface area (Å²) in [5, 5.41) is 1.29. The lowest BCUT2D eigenvalue weighted by atomic mass is 10.1. The first-order valence-corrected chi connectivity index (χ1v) is 9.49. The van der Waals surface area contributed by atoms with Gasteiger partial charge in [0.2, 0.25) is 0 Å². The predicted molar refractivity (Wildman–Crippen MR) is 103 cm³/mol. The van der Waals surface area contributed by atoms with Crippen LogP contribution < -0.4 is 0 Å². The standard InChI is InChI=1S/C19H28Cl2N2O2/c1-13(2)23(11-14-8-15(20)10-16(21)9-14)17-6-7-22(12-17)18(24)25-19(3,4)5/h8-10,13,17H,6-7,11-12H2,1-5H3/t17-/m0/s1. The maximum absolute atomic E-state index is 12.3. The van der Waals surface area contributed by atoms with Crippen molar-refractivity contribution in [3.05, 3.63) is 33.8 Å². The molecule has 1 atom stereocenters. The van der Waals surface area contributed by atoms with Crippen molar-refractivity contribution in [1.29, 1.82) is 0 Å². The van der Waals surface area contributed by atoms with Gasteiger partial charge in [-0.15, -0.1) is 0 Å². The SMILES string of the molecule is CC(C)N(Cc1cc(Cl)cc(Cl)c1)[C@H]1CCN(C(=O)OC(C)(C)C)C1. The van der Waals surface area contributed by atoms with E-state index in [4.69, 9.17) is 27.9 Å². The lowest BCUT2D eigenvalue weighted by Crippen LogP contribution is -2.43. The maximum Gasteiger partial charge on any atom is 0.410 e. The number of benzene rings is 1. The van der Waals surface area contributed by atoms with Crippen LogP contribution in [0.4, 0.5) is 4.79 Å². The molecule has 25 heavy (non-hydrogen) atoms. The zero-order valence-corrected chi connectivity index (χ0v) is 17.2. The van der Waals surface area contributed by atoms with Crippen molar-refractivity contribution in [1.82, 2.24) is 9.80 Å². The average molecular weight is 387 g/mol. The molecule has 6 heteroatoms. The molecule has 0 aliphatic carbocycles. The third-order valence-electron chi connectivity index (χ3n) is 4.23. The van der Waals surface area contributed by atoms with Crippen molar-refractivity contribution in [2.24, 2.45) is 0 Å². The van der Waals surface area contributed by atoms with E-state index in [-0.39, 0.29) is 6.09 Å². The average Bonchev–Trinajstić information content (AvgIpc) is 2.91. The van der Waals surface area contributed by atoms with E-state index in [1.54, 1.807) is 11.0 Å². The number of nitrogens with zero attached hydrogens (tertiary/aromatic N) is 2. The summed E-state index contributed by atoms with van der Waals surface area (Å²) in [4.78, 5) is 16.5. The van der Waals surface area contributed by atoms with Crippen LogP contribution in [0.5, 0.6) is 0 Å².